The van der Waals surface area contributed by atoms with Crippen LogP contribution < -0.4 is 4.90 Å². The number of hydrogen-bond acceptors (Lipinski definition) is 1. The van der Waals surface area contributed by atoms with Gasteiger partial charge in [0.2, 0.25) is 0 Å². The van der Waals surface area contributed by atoms with E-state index in [0.29, 0.717) is 0 Å². The minimum atomic E-state index is -0.493. The molecule has 0 radical (unpaired) electrons. The number of nitrogens with zero attached hydrogens (tertiary/aromatic N) is 1. The van der Waals surface area contributed by atoms with Gasteiger partial charge in [-0.25, -0.2) is 0 Å². The molecule has 0 N–H and O–H groups in total. The first-order valence-electron chi connectivity index (χ1n) is 16.6. The molecule has 0 saturated heterocycles. The Morgan fingerprint density at radius 2 is 0.854 bits per heavy atom. The zero-order valence-electron chi connectivity index (χ0n) is 26.5. The normalized spacial score (nSPS) is 12.8. The van der Waals surface area contributed by atoms with Crippen LogP contribution in [0.1, 0.15) is 22.3 Å². The number of hydrogen-bond donors (Lipinski definition) is 0. The highest BCUT2D eigenvalue weighted by atomic mass is 15.1. The smallest absolute Gasteiger partial charge is 0.0714 e. The molecule has 0 unspecified atom stereocenters. The van der Waals surface area contributed by atoms with Gasteiger partial charge in [0, 0.05) is 16.9 Å². The summed E-state index contributed by atoms with van der Waals surface area (Å²) in [6, 6.07) is 72.9. The molecule has 1 heteroatoms. The molecular weight excluding hydrogens is 579 g/mol. The Hall–Kier alpha value is -6.18. The molecule has 0 atom stereocenters. The van der Waals surface area contributed by atoms with Gasteiger partial charge in [0.25, 0.3) is 0 Å². The fourth-order valence-corrected chi connectivity index (χ4v) is 7.90. The van der Waals surface area contributed by atoms with Crippen LogP contribution in [0.25, 0.3) is 33.0 Å². The second-order valence-corrected chi connectivity index (χ2v) is 12.5. The highest BCUT2D eigenvalue weighted by Crippen LogP contribution is 2.61. The summed E-state index contributed by atoms with van der Waals surface area (Å²) in [5.41, 5.74) is 13.0. The summed E-state index contributed by atoms with van der Waals surface area (Å²) in [5, 5.41) is 2.51. The van der Waals surface area contributed by atoms with Gasteiger partial charge in [-0.3, -0.25) is 0 Å². The lowest BCUT2D eigenvalue weighted by Crippen LogP contribution is -2.28. The van der Waals surface area contributed by atoms with Crippen molar-refractivity contribution >= 4 is 27.8 Å². The highest BCUT2D eigenvalue weighted by Gasteiger charge is 2.48. The number of para-hydroxylation sites is 1. The summed E-state index contributed by atoms with van der Waals surface area (Å²) >= 11 is 0. The second kappa shape index (κ2) is 11.6. The van der Waals surface area contributed by atoms with Crippen LogP contribution in [0, 0.1) is 0 Å². The molecule has 0 aromatic heterocycles. The molecule has 1 aliphatic rings. The average molecular weight is 612 g/mol. The van der Waals surface area contributed by atoms with E-state index in [-0.39, 0.29) is 0 Å². The Morgan fingerprint density at radius 1 is 0.333 bits per heavy atom. The molecule has 0 heterocycles. The van der Waals surface area contributed by atoms with E-state index in [1.165, 1.54) is 55.3 Å². The maximum absolute atomic E-state index is 2.44. The van der Waals surface area contributed by atoms with Crippen LogP contribution in [-0.4, -0.2) is 0 Å². The van der Waals surface area contributed by atoms with Gasteiger partial charge in [0.05, 0.1) is 11.1 Å². The summed E-state index contributed by atoms with van der Waals surface area (Å²) in [5.74, 6) is 0. The predicted molar refractivity (Wildman–Crippen MR) is 201 cm³/mol. The van der Waals surface area contributed by atoms with E-state index >= 15 is 0 Å². The average Bonchev–Trinajstić information content (AvgIpc) is 3.49. The maximum Gasteiger partial charge on any atom is 0.0714 e. The molecule has 0 saturated carbocycles. The van der Waals surface area contributed by atoms with Crippen LogP contribution in [0.2, 0.25) is 0 Å². The number of anilines is 3. The highest BCUT2D eigenvalue weighted by molar-refractivity contribution is 6.08. The lowest BCUT2D eigenvalue weighted by Gasteiger charge is -2.34. The zero-order chi connectivity index (χ0) is 31.9. The van der Waals surface area contributed by atoms with Crippen molar-refractivity contribution < 1.29 is 0 Å². The van der Waals surface area contributed by atoms with Crippen molar-refractivity contribution in [2.75, 3.05) is 4.90 Å². The molecular formula is C47H33N. The van der Waals surface area contributed by atoms with E-state index < -0.39 is 5.41 Å². The molecule has 1 aliphatic carbocycles. The van der Waals surface area contributed by atoms with Crippen LogP contribution in [-0.2, 0) is 5.41 Å². The summed E-state index contributed by atoms with van der Waals surface area (Å²) in [6.07, 6.45) is 0. The predicted octanol–water partition coefficient (Wildman–Crippen LogP) is 12.3. The molecule has 8 aromatic carbocycles. The van der Waals surface area contributed by atoms with Crippen LogP contribution in [0.5, 0.6) is 0 Å². The van der Waals surface area contributed by atoms with Gasteiger partial charge in [0.15, 0.2) is 0 Å². The lowest BCUT2D eigenvalue weighted by molar-refractivity contribution is 0.769. The van der Waals surface area contributed by atoms with Crippen molar-refractivity contribution in [1.82, 2.24) is 0 Å². The lowest BCUT2D eigenvalue weighted by atomic mass is 9.67. The van der Waals surface area contributed by atoms with E-state index in [4.69, 9.17) is 0 Å². The van der Waals surface area contributed by atoms with Crippen molar-refractivity contribution in [2.45, 2.75) is 5.41 Å². The minimum absolute atomic E-state index is 0.493. The van der Waals surface area contributed by atoms with Gasteiger partial charge in [-0.1, -0.05) is 170 Å². The van der Waals surface area contributed by atoms with E-state index in [0.717, 1.165) is 17.1 Å². The first kappa shape index (κ1) is 28.1. The SMILES string of the molecule is c1ccc(-c2ccc(N(c3ccccc3)c3cccc4c3-c3c(ccc5ccccc35)C4(c3ccccc3)c3ccccc3)cc2)cc1. The Balaban J connectivity index is 1.38. The first-order chi connectivity index (χ1) is 23.8. The van der Waals surface area contributed by atoms with Crippen LogP contribution in [0.4, 0.5) is 17.1 Å². The monoisotopic (exact) mass is 611 g/mol. The van der Waals surface area contributed by atoms with Gasteiger partial charge in [-0.05, 0) is 80.0 Å². The van der Waals surface area contributed by atoms with Crippen molar-refractivity contribution in [1.29, 1.82) is 0 Å². The van der Waals surface area contributed by atoms with Crippen LogP contribution in [0.3, 0.4) is 0 Å². The molecule has 0 aliphatic heterocycles. The largest absolute Gasteiger partial charge is 0.310 e. The Morgan fingerprint density at radius 3 is 1.52 bits per heavy atom. The summed E-state index contributed by atoms with van der Waals surface area (Å²) < 4.78 is 0. The molecule has 48 heavy (non-hydrogen) atoms. The maximum atomic E-state index is 2.44. The number of rotatable bonds is 6. The zero-order valence-corrected chi connectivity index (χ0v) is 26.5. The third-order valence-corrected chi connectivity index (χ3v) is 9.93. The van der Waals surface area contributed by atoms with Crippen molar-refractivity contribution in [3.05, 3.63) is 222 Å². The molecule has 0 fully saturated rings. The summed E-state index contributed by atoms with van der Waals surface area (Å²) in [4.78, 5) is 2.44. The van der Waals surface area contributed by atoms with E-state index in [9.17, 15) is 0 Å². The molecule has 1 nitrogen and oxygen atoms in total. The molecule has 0 amide bonds. The van der Waals surface area contributed by atoms with E-state index in [2.05, 4.69) is 205 Å². The van der Waals surface area contributed by atoms with Gasteiger partial charge in [-0.15, -0.1) is 0 Å². The molecule has 8 aromatic rings. The fraction of sp³-hybridized carbons (Fsp3) is 0.0213. The minimum Gasteiger partial charge on any atom is -0.310 e. The molecule has 0 spiro atoms. The Bertz CT molecular complexity index is 2320. The van der Waals surface area contributed by atoms with E-state index in [1.54, 1.807) is 0 Å². The van der Waals surface area contributed by atoms with E-state index in [1.807, 2.05) is 0 Å². The Kier molecular flexibility index (Phi) is 6.76. The van der Waals surface area contributed by atoms with Crippen molar-refractivity contribution in [3.63, 3.8) is 0 Å². The van der Waals surface area contributed by atoms with Crippen LogP contribution >= 0.6 is 0 Å². The van der Waals surface area contributed by atoms with Crippen molar-refractivity contribution in [3.8, 4) is 22.3 Å². The summed E-state index contributed by atoms with van der Waals surface area (Å²) in [7, 11) is 0. The van der Waals surface area contributed by atoms with Crippen molar-refractivity contribution in [2.24, 2.45) is 0 Å². The van der Waals surface area contributed by atoms with Gasteiger partial charge >= 0.3 is 0 Å². The standard InChI is InChI=1S/C47H33N/c1-5-16-34(17-6-1)35-28-31-40(32-29-35)48(39-23-11-4-12-24-39)44-27-15-26-42-46(44)45-41-25-14-13-18-36(41)30-33-43(45)47(42,37-19-7-2-8-20-37)38-21-9-3-10-22-38/h1-33H. The van der Waals surface area contributed by atoms with Gasteiger partial charge in [0.1, 0.15) is 0 Å². The first-order valence-corrected chi connectivity index (χ1v) is 16.6. The van der Waals surface area contributed by atoms with Gasteiger partial charge in [-0.2, -0.15) is 0 Å². The second-order valence-electron chi connectivity index (χ2n) is 12.5. The third kappa shape index (κ3) is 4.32. The Labute approximate surface area is 282 Å². The quantitative estimate of drug-likeness (QED) is 0.181. The number of fused-ring (bicyclic) bond motifs is 5. The third-order valence-electron chi connectivity index (χ3n) is 9.93. The summed E-state index contributed by atoms with van der Waals surface area (Å²) in [6.45, 7) is 0. The molecule has 0 bridgehead atoms. The molecule has 226 valence electrons. The topological polar surface area (TPSA) is 3.24 Å². The van der Waals surface area contributed by atoms with Gasteiger partial charge < -0.3 is 4.90 Å². The fourth-order valence-electron chi connectivity index (χ4n) is 7.90. The number of benzene rings is 8. The van der Waals surface area contributed by atoms with Crippen LogP contribution in [0.15, 0.2) is 200 Å². The molecule has 9 rings (SSSR count).